The number of thiocarbonyl (C=S) groups is 1. The fourth-order valence-electron chi connectivity index (χ4n) is 2.70. The summed E-state index contributed by atoms with van der Waals surface area (Å²) in [4.78, 5) is 0. The quantitative estimate of drug-likeness (QED) is 0.452. The van der Waals surface area contributed by atoms with Gasteiger partial charge < -0.3 is 15.2 Å². The summed E-state index contributed by atoms with van der Waals surface area (Å²) in [7, 11) is 1.51. The number of methoxy groups -OCH3 is 1. The molecule has 0 amide bonds. The summed E-state index contributed by atoms with van der Waals surface area (Å²) in [5.41, 5.74) is 3.37. The zero-order valence-corrected chi connectivity index (χ0v) is 13.8. The number of rotatable bonds is 4. The Kier molecular flexibility index (Phi) is 6.00. The molecule has 0 spiro atoms. The van der Waals surface area contributed by atoms with Crippen molar-refractivity contribution in [2.45, 2.75) is 38.6 Å². The minimum absolute atomic E-state index is 0.0651. The number of hydrogen-bond acceptors (Lipinski definition) is 4. The lowest BCUT2D eigenvalue weighted by atomic mass is 9.86. The van der Waals surface area contributed by atoms with E-state index >= 15 is 0 Å². The summed E-state index contributed by atoms with van der Waals surface area (Å²) in [6, 6.07) is 5.65. The Morgan fingerprint density at radius 3 is 2.91 bits per heavy atom. The van der Waals surface area contributed by atoms with E-state index in [1.165, 1.54) is 32.6 Å². The number of phenolic OH excluding ortho intramolecular Hbond substituents is 1. The third-order valence-electron chi connectivity index (χ3n) is 4.05. The highest BCUT2D eigenvalue weighted by Gasteiger charge is 2.21. The second-order valence-electron chi connectivity index (χ2n) is 5.61. The smallest absolute Gasteiger partial charge is 0.187 e. The molecule has 0 saturated heterocycles. The molecule has 0 heterocycles. The third kappa shape index (κ3) is 4.34. The number of ether oxygens (including phenoxy) is 1. The molecule has 2 rings (SSSR count). The van der Waals surface area contributed by atoms with Gasteiger partial charge in [-0.05, 0) is 43.1 Å². The molecule has 0 unspecified atom stereocenters. The average molecular weight is 321 g/mol. The summed E-state index contributed by atoms with van der Waals surface area (Å²) in [6.45, 7) is 2.25. The number of hydrogen-bond donors (Lipinski definition) is 3. The first-order valence-electron chi connectivity index (χ1n) is 7.57. The van der Waals surface area contributed by atoms with Crippen LogP contribution in [0.4, 0.5) is 0 Å². The molecule has 5 nitrogen and oxygen atoms in total. The van der Waals surface area contributed by atoms with Crippen molar-refractivity contribution < 1.29 is 9.84 Å². The molecule has 0 bridgehead atoms. The van der Waals surface area contributed by atoms with E-state index in [0.717, 1.165) is 6.42 Å². The monoisotopic (exact) mass is 321 g/mol. The van der Waals surface area contributed by atoms with E-state index in [0.29, 0.717) is 28.4 Å². The largest absolute Gasteiger partial charge is 0.504 e. The van der Waals surface area contributed by atoms with Crippen LogP contribution in [0.5, 0.6) is 11.5 Å². The van der Waals surface area contributed by atoms with Gasteiger partial charge >= 0.3 is 0 Å². The van der Waals surface area contributed by atoms with Crippen molar-refractivity contribution in [2.75, 3.05) is 7.11 Å². The molecule has 0 radical (unpaired) electrons. The molecule has 1 aromatic rings. The van der Waals surface area contributed by atoms with Crippen LogP contribution in [-0.2, 0) is 0 Å². The van der Waals surface area contributed by atoms with Crippen LogP contribution in [0, 0.1) is 5.92 Å². The molecular weight excluding hydrogens is 298 g/mol. The molecule has 0 aliphatic heterocycles. The lowest BCUT2D eigenvalue weighted by Gasteiger charge is -2.30. The Balaban J connectivity index is 1.88. The van der Waals surface area contributed by atoms with E-state index in [-0.39, 0.29) is 5.75 Å². The van der Waals surface area contributed by atoms with Crippen LogP contribution in [0.3, 0.4) is 0 Å². The minimum atomic E-state index is 0.0651. The molecule has 1 aliphatic rings. The van der Waals surface area contributed by atoms with Crippen LogP contribution >= 0.6 is 12.2 Å². The second-order valence-corrected chi connectivity index (χ2v) is 6.02. The number of nitrogens with zero attached hydrogens (tertiary/aromatic N) is 1. The highest BCUT2D eigenvalue weighted by molar-refractivity contribution is 7.80. The van der Waals surface area contributed by atoms with Gasteiger partial charge in [0.2, 0.25) is 0 Å². The number of phenols is 1. The first-order valence-corrected chi connectivity index (χ1v) is 7.98. The Bertz CT molecular complexity index is 548. The SMILES string of the molecule is COc1cccc(/C=N/NC(=S)N[C@H]2CCCC[C@H]2C)c1O. The zero-order valence-electron chi connectivity index (χ0n) is 13.0. The summed E-state index contributed by atoms with van der Waals surface area (Å²) in [5.74, 6) is 1.11. The van der Waals surface area contributed by atoms with Crippen molar-refractivity contribution in [1.82, 2.24) is 10.7 Å². The Morgan fingerprint density at radius 1 is 1.41 bits per heavy atom. The third-order valence-corrected chi connectivity index (χ3v) is 4.26. The Labute approximate surface area is 136 Å². The van der Waals surface area contributed by atoms with Crippen LogP contribution in [0.2, 0.25) is 0 Å². The summed E-state index contributed by atoms with van der Waals surface area (Å²) in [6.07, 6.45) is 6.44. The van der Waals surface area contributed by atoms with Gasteiger partial charge in [0.25, 0.3) is 0 Å². The topological polar surface area (TPSA) is 65.9 Å². The number of nitrogens with one attached hydrogen (secondary N) is 2. The van der Waals surface area contributed by atoms with Gasteiger partial charge in [0.1, 0.15) is 0 Å². The zero-order chi connectivity index (χ0) is 15.9. The lowest BCUT2D eigenvalue weighted by Crippen LogP contribution is -2.44. The minimum Gasteiger partial charge on any atom is -0.504 e. The second kappa shape index (κ2) is 7.98. The van der Waals surface area contributed by atoms with Gasteiger partial charge in [0, 0.05) is 11.6 Å². The van der Waals surface area contributed by atoms with Gasteiger partial charge in [0.05, 0.1) is 13.3 Å². The predicted octanol–water partition coefficient (Wildman–Crippen LogP) is 2.78. The molecular formula is C16H23N3O2S. The molecule has 1 saturated carbocycles. The summed E-state index contributed by atoms with van der Waals surface area (Å²) < 4.78 is 5.06. The molecule has 22 heavy (non-hydrogen) atoms. The van der Waals surface area contributed by atoms with Crippen molar-refractivity contribution >= 4 is 23.5 Å². The molecule has 1 aliphatic carbocycles. The van der Waals surface area contributed by atoms with E-state index in [4.69, 9.17) is 17.0 Å². The lowest BCUT2D eigenvalue weighted by molar-refractivity contribution is 0.308. The maximum absolute atomic E-state index is 9.96. The molecule has 6 heteroatoms. The van der Waals surface area contributed by atoms with Crippen LogP contribution in [0.1, 0.15) is 38.2 Å². The van der Waals surface area contributed by atoms with E-state index in [1.807, 2.05) is 0 Å². The molecule has 1 aromatic carbocycles. The van der Waals surface area contributed by atoms with E-state index < -0.39 is 0 Å². The molecule has 120 valence electrons. The highest BCUT2D eigenvalue weighted by atomic mass is 32.1. The molecule has 0 aromatic heterocycles. The van der Waals surface area contributed by atoms with E-state index in [9.17, 15) is 5.11 Å². The van der Waals surface area contributed by atoms with Crippen LogP contribution in [0.15, 0.2) is 23.3 Å². The fraction of sp³-hybridized carbons (Fsp3) is 0.500. The van der Waals surface area contributed by atoms with E-state index in [2.05, 4.69) is 22.8 Å². The number of aromatic hydroxyl groups is 1. The molecule has 2 atom stereocenters. The number of para-hydroxylation sites is 1. The fourth-order valence-corrected chi connectivity index (χ4v) is 2.90. The van der Waals surface area contributed by atoms with Crippen molar-refractivity contribution in [3.8, 4) is 11.5 Å². The van der Waals surface area contributed by atoms with Crippen LogP contribution < -0.4 is 15.5 Å². The Morgan fingerprint density at radius 2 is 2.18 bits per heavy atom. The maximum atomic E-state index is 9.96. The van der Waals surface area contributed by atoms with Crippen molar-refractivity contribution in [2.24, 2.45) is 11.0 Å². The first-order chi connectivity index (χ1) is 10.6. The van der Waals surface area contributed by atoms with Crippen LogP contribution in [0.25, 0.3) is 0 Å². The van der Waals surface area contributed by atoms with Crippen molar-refractivity contribution in [3.05, 3.63) is 23.8 Å². The standard InChI is InChI=1S/C16H23N3O2S/c1-11-6-3-4-8-13(11)18-16(22)19-17-10-12-7-5-9-14(21-2)15(12)20/h5,7,9-11,13,20H,3-4,6,8H2,1-2H3,(H2,18,19,22)/b17-10+/t11-,13+/m1/s1. The van der Waals surface area contributed by atoms with Crippen molar-refractivity contribution in [3.63, 3.8) is 0 Å². The van der Waals surface area contributed by atoms with Gasteiger partial charge in [0.15, 0.2) is 16.6 Å². The summed E-state index contributed by atoms with van der Waals surface area (Å²) >= 11 is 5.26. The van der Waals surface area contributed by atoms with Crippen LogP contribution in [-0.4, -0.2) is 29.6 Å². The normalized spacial score (nSPS) is 21.5. The number of benzene rings is 1. The molecule has 1 fully saturated rings. The van der Waals surface area contributed by atoms with Crippen molar-refractivity contribution in [1.29, 1.82) is 0 Å². The maximum Gasteiger partial charge on any atom is 0.187 e. The van der Waals surface area contributed by atoms with Gasteiger partial charge in [-0.15, -0.1) is 0 Å². The van der Waals surface area contributed by atoms with Gasteiger partial charge in [-0.25, -0.2) is 0 Å². The number of hydrazone groups is 1. The van der Waals surface area contributed by atoms with Gasteiger partial charge in [-0.3, -0.25) is 5.43 Å². The predicted molar refractivity (Wildman–Crippen MR) is 92.5 cm³/mol. The van der Waals surface area contributed by atoms with Gasteiger partial charge in [-0.1, -0.05) is 25.8 Å². The Hall–Kier alpha value is -1.82. The average Bonchev–Trinajstić information content (AvgIpc) is 2.51. The highest BCUT2D eigenvalue weighted by Crippen LogP contribution is 2.28. The first kappa shape index (κ1) is 16.5. The molecule has 3 N–H and O–H groups in total. The van der Waals surface area contributed by atoms with Gasteiger partial charge in [-0.2, -0.15) is 5.10 Å². The van der Waals surface area contributed by atoms with E-state index in [1.54, 1.807) is 18.2 Å². The summed E-state index contributed by atoms with van der Waals surface area (Å²) in [5, 5.41) is 17.9.